The zero-order valence-electron chi connectivity index (χ0n) is 11.1. The Labute approximate surface area is 112 Å². The van der Waals surface area contributed by atoms with Gasteiger partial charge in [-0.05, 0) is 12.8 Å². The molecule has 0 aromatic carbocycles. The average Bonchev–Trinajstić information content (AvgIpc) is 2.78. The Morgan fingerprint density at radius 2 is 2.28 bits per heavy atom. The highest BCUT2D eigenvalue weighted by molar-refractivity contribution is 7.11. The molecule has 1 heterocycles. The highest BCUT2D eigenvalue weighted by Gasteiger charge is 2.13. The highest BCUT2D eigenvalue weighted by Crippen LogP contribution is 2.19. The van der Waals surface area contributed by atoms with Crippen molar-refractivity contribution in [3.8, 4) is 0 Å². The van der Waals surface area contributed by atoms with Crippen molar-refractivity contribution < 1.29 is 14.3 Å². The van der Waals surface area contributed by atoms with Gasteiger partial charge in [0.15, 0.2) is 5.69 Å². The zero-order valence-corrected chi connectivity index (χ0v) is 11.9. The third-order valence-electron chi connectivity index (χ3n) is 2.02. The molecule has 1 aromatic rings. The molecule has 0 atom stereocenters. The van der Waals surface area contributed by atoms with Gasteiger partial charge < -0.3 is 9.47 Å². The smallest absolute Gasteiger partial charge is 0.357 e. The third-order valence-corrected chi connectivity index (χ3v) is 2.96. The van der Waals surface area contributed by atoms with Gasteiger partial charge in [-0.3, -0.25) is 0 Å². The summed E-state index contributed by atoms with van der Waals surface area (Å²) in [6, 6.07) is 0. The van der Waals surface area contributed by atoms with Crippen LogP contribution in [0.4, 0.5) is 0 Å². The number of carbonyl (C=O) groups is 1. The molecule has 0 radical (unpaired) electrons. The van der Waals surface area contributed by atoms with E-state index in [2.05, 4.69) is 25.4 Å². The predicted octanol–water partition coefficient (Wildman–Crippen LogP) is 3.01. The van der Waals surface area contributed by atoms with Crippen LogP contribution in [0.25, 0.3) is 5.57 Å². The number of carbonyl (C=O) groups excluding carboxylic acids is 1. The van der Waals surface area contributed by atoms with Gasteiger partial charge in [0, 0.05) is 17.6 Å². The number of esters is 1. The van der Waals surface area contributed by atoms with Gasteiger partial charge in [-0.2, -0.15) is 0 Å². The molecule has 0 aliphatic rings. The zero-order chi connectivity index (χ0) is 13.5. The van der Waals surface area contributed by atoms with Gasteiger partial charge in [0.2, 0.25) is 0 Å². The molecule has 18 heavy (non-hydrogen) atoms. The summed E-state index contributed by atoms with van der Waals surface area (Å²) in [4.78, 5) is 15.6. The van der Waals surface area contributed by atoms with E-state index in [0.717, 1.165) is 10.6 Å². The Bertz CT molecular complexity index is 412. The van der Waals surface area contributed by atoms with Crippen LogP contribution in [-0.4, -0.2) is 30.8 Å². The summed E-state index contributed by atoms with van der Waals surface area (Å²) in [6.45, 7) is 11.3. The Hall–Kier alpha value is -1.20. The molecular formula is C13H19NO3S. The number of thiazole rings is 1. The van der Waals surface area contributed by atoms with Crippen LogP contribution < -0.4 is 0 Å². The second kappa shape index (κ2) is 7.28. The fourth-order valence-electron chi connectivity index (χ4n) is 1.21. The van der Waals surface area contributed by atoms with Crippen LogP contribution in [0.3, 0.4) is 0 Å². The van der Waals surface area contributed by atoms with Gasteiger partial charge in [-0.15, -0.1) is 11.3 Å². The lowest BCUT2D eigenvalue weighted by molar-refractivity contribution is 0.0520. The van der Waals surface area contributed by atoms with Crippen LogP contribution in [0.15, 0.2) is 12.0 Å². The number of aromatic nitrogens is 1. The van der Waals surface area contributed by atoms with E-state index < -0.39 is 5.97 Å². The van der Waals surface area contributed by atoms with Gasteiger partial charge in [0.25, 0.3) is 0 Å². The van der Waals surface area contributed by atoms with Crippen LogP contribution in [0.5, 0.6) is 0 Å². The van der Waals surface area contributed by atoms with Crippen molar-refractivity contribution in [2.75, 3.05) is 19.8 Å². The van der Waals surface area contributed by atoms with E-state index in [1.54, 1.807) is 12.3 Å². The van der Waals surface area contributed by atoms with E-state index >= 15 is 0 Å². The molecule has 0 aliphatic carbocycles. The Kier molecular flexibility index (Phi) is 6.01. The fraction of sp³-hybridized carbons (Fsp3) is 0.538. The summed E-state index contributed by atoms with van der Waals surface area (Å²) in [7, 11) is 0. The van der Waals surface area contributed by atoms with Crippen molar-refractivity contribution in [3.05, 3.63) is 22.7 Å². The van der Waals surface area contributed by atoms with Crippen molar-refractivity contribution in [1.82, 2.24) is 4.98 Å². The number of ether oxygens (including phenoxy) is 2. The predicted molar refractivity (Wildman–Crippen MR) is 72.8 cm³/mol. The molecule has 0 amide bonds. The van der Waals surface area contributed by atoms with Crippen molar-refractivity contribution in [3.63, 3.8) is 0 Å². The number of rotatable bonds is 7. The summed E-state index contributed by atoms with van der Waals surface area (Å²) in [5.74, 6) is 0.0973. The lowest BCUT2D eigenvalue weighted by Gasteiger charge is -2.06. The van der Waals surface area contributed by atoms with E-state index in [-0.39, 0.29) is 0 Å². The molecule has 0 saturated carbocycles. The van der Waals surface area contributed by atoms with Gasteiger partial charge in [-0.1, -0.05) is 20.4 Å². The highest BCUT2D eigenvalue weighted by atomic mass is 32.1. The maximum Gasteiger partial charge on any atom is 0.357 e. The first kappa shape index (κ1) is 14.9. The number of hydrogen-bond donors (Lipinski definition) is 0. The Morgan fingerprint density at radius 3 is 2.89 bits per heavy atom. The quantitative estimate of drug-likeness (QED) is 0.714. The van der Waals surface area contributed by atoms with Gasteiger partial charge in [0.1, 0.15) is 5.01 Å². The molecule has 1 aromatic heterocycles. The molecule has 0 unspecified atom stereocenters. The molecule has 100 valence electrons. The number of nitrogens with zero attached hydrogens (tertiary/aromatic N) is 1. The minimum absolute atomic E-state index is 0.335. The normalized spacial score (nSPS) is 10.7. The van der Waals surface area contributed by atoms with Crippen LogP contribution in [0.1, 0.15) is 36.3 Å². The lowest BCUT2D eigenvalue weighted by atomic mass is 10.2. The van der Waals surface area contributed by atoms with Crippen molar-refractivity contribution >= 4 is 22.9 Å². The summed E-state index contributed by atoms with van der Waals surface area (Å²) in [5.41, 5.74) is 1.12. The van der Waals surface area contributed by atoms with E-state index in [9.17, 15) is 4.79 Å². The average molecular weight is 269 g/mol. The van der Waals surface area contributed by atoms with E-state index in [0.29, 0.717) is 31.4 Å². The molecule has 0 fully saturated rings. The van der Waals surface area contributed by atoms with Crippen LogP contribution >= 0.6 is 11.3 Å². The summed E-state index contributed by atoms with van der Waals surface area (Å²) in [5, 5.41) is 2.41. The largest absolute Gasteiger partial charge is 0.461 e. The maximum atomic E-state index is 11.4. The molecule has 4 nitrogen and oxygen atoms in total. The second-order valence-corrected chi connectivity index (χ2v) is 5.13. The van der Waals surface area contributed by atoms with E-state index in [1.165, 1.54) is 11.3 Å². The number of hydrogen-bond acceptors (Lipinski definition) is 5. The molecule has 0 bridgehead atoms. The molecule has 0 saturated heterocycles. The maximum absolute atomic E-state index is 11.4. The lowest BCUT2D eigenvalue weighted by Crippen LogP contribution is -2.06. The first-order chi connectivity index (χ1) is 8.54. The van der Waals surface area contributed by atoms with Crippen molar-refractivity contribution in [2.45, 2.75) is 20.8 Å². The SMILES string of the molecule is C=C(COCC(C)C)c1nc(C(=O)OCC)cs1. The van der Waals surface area contributed by atoms with Crippen molar-refractivity contribution in [2.24, 2.45) is 5.92 Å². The van der Waals surface area contributed by atoms with E-state index in [1.807, 2.05) is 0 Å². The third kappa shape index (κ3) is 4.58. The summed E-state index contributed by atoms with van der Waals surface area (Å²) < 4.78 is 10.4. The van der Waals surface area contributed by atoms with Gasteiger partial charge in [0.05, 0.1) is 13.2 Å². The first-order valence-corrected chi connectivity index (χ1v) is 6.81. The Balaban J connectivity index is 2.51. The topological polar surface area (TPSA) is 48.4 Å². The molecule has 0 aliphatic heterocycles. The molecule has 5 heteroatoms. The van der Waals surface area contributed by atoms with Crippen LogP contribution in [-0.2, 0) is 9.47 Å². The molecule has 0 spiro atoms. The fourth-order valence-corrected chi connectivity index (χ4v) is 1.96. The molecular weight excluding hydrogens is 250 g/mol. The van der Waals surface area contributed by atoms with Gasteiger partial charge >= 0.3 is 5.97 Å². The van der Waals surface area contributed by atoms with Crippen molar-refractivity contribution in [1.29, 1.82) is 0 Å². The van der Waals surface area contributed by atoms with Gasteiger partial charge in [-0.25, -0.2) is 9.78 Å². The second-order valence-electron chi connectivity index (χ2n) is 4.27. The minimum Gasteiger partial charge on any atom is -0.461 e. The minimum atomic E-state index is -0.393. The van der Waals surface area contributed by atoms with E-state index in [4.69, 9.17) is 9.47 Å². The monoisotopic (exact) mass is 269 g/mol. The molecule has 1 rings (SSSR count). The van der Waals surface area contributed by atoms with Crippen LogP contribution in [0, 0.1) is 5.92 Å². The summed E-state index contributed by atoms with van der Waals surface area (Å²) in [6.07, 6.45) is 0. The standard InChI is InChI=1S/C13H19NO3S/c1-5-17-13(15)11-8-18-12(14-11)10(4)7-16-6-9(2)3/h8-9H,4-7H2,1-3H3. The Morgan fingerprint density at radius 1 is 1.56 bits per heavy atom. The first-order valence-electron chi connectivity index (χ1n) is 5.93. The summed E-state index contributed by atoms with van der Waals surface area (Å²) >= 11 is 1.38. The molecule has 0 N–H and O–H groups in total. The van der Waals surface area contributed by atoms with Crippen LogP contribution in [0.2, 0.25) is 0 Å².